The van der Waals surface area contributed by atoms with E-state index in [1.807, 2.05) is 48.8 Å². The Morgan fingerprint density at radius 2 is 2.35 bits per heavy atom. The third-order valence-electron chi connectivity index (χ3n) is 3.50. The van der Waals surface area contributed by atoms with Crippen LogP contribution in [0.1, 0.15) is 27.9 Å². The van der Waals surface area contributed by atoms with E-state index in [-0.39, 0.29) is 5.91 Å². The summed E-state index contributed by atoms with van der Waals surface area (Å²) in [6, 6.07) is 6.13. The number of nitrogens with two attached hydrogens (primary N) is 1. The van der Waals surface area contributed by atoms with Gasteiger partial charge in [0.25, 0.3) is 5.91 Å². The summed E-state index contributed by atoms with van der Waals surface area (Å²) in [5.41, 5.74) is 7.94. The molecule has 2 rings (SSSR count). The van der Waals surface area contributed by atoms with E-state index in [4.69, 9.17) is 5.73 Å². The Kier molecular flexibility index (Phi) is 5.11. The van der Waals surface area contributed by atoms with Gasteiger partial charge in [-0.1, -0.05) is 23.5 Å². The number of carbonyl (C=O) groups excluding carboxylic acids is 1. The largest absolute Gasteiger partial charge is 0.338 e. The van der Waals surface area contributed by atoms with Crippen LogP contribution in [0.25, 0.3) is 0 Å². The molecule has 3 nitrogen and oxygen atoms in total. The molecule has 1 fully saturated rings. The highest BCUT2D eigenvalue weighted by Gasteiger charge is 2.25. The Balaban J connectivity index is 2.29. The van der Waals surface area contributed by atoms with E-state index < -0.39 is 0 Å². The van der Waals surface area contributed by atoms with Gasteiger partial charge in [0.15, 0.2) is 0 Å². The van der Waals surface area contributed by atoms with Gasteiger partial charge in [-0.25, -0.2) is 0 Å². The fraction of sp³-hybridized carbons (Fsp3) is 0.438. The number of benzene rings is 1. The Morgan fingerprint density at radius 1 is 1.55 bits per heavy atom. The van der Waals surface area contributed by atoms with E-state index >= 15 is 0 Å². The van der Waals surface area contributed by atoms with Crippen LogP contribution in [0.2, 0.25) is 0 Å². The van der Waals surface area contributed by atoms with Crippen molar-refractivity contribution in [2.45, 2.75) is 19.4 Å². The summed E-state index contributed by atoms with van der Waals surface area (Å²) >= 11 is 1.91. The molecule has 106 valence electrons. The summed E-state index contributed by atoms with van der Waals surface area (Å²) in [5.74, 6) is 8.05. The summed E-state index contributed by atoms with van der Waals surface area (Å²) in [4.78, 5) is 14.5. The van der Waals surface area contributed by atoms with Gasteiger partial charge in [0.05, 0.1) is 12.1 Å². The van der Waals surface area contributed by atoms with Gasteiger partial charge < -0.3 is 10.6 Å². The number of hydrogen-bond donors (Lipinski definition) is 1. The lowest BCUT2D eigenvalue weighted by Gasteiger charge is -2.24. The molecular formula is C16H20N2OS. The Morgan fingerprint density at radius 3 is 3.00 bits per heavy atom. The first-order chi connectivity index (χ1) is 9.63. The minimum atomic E-state index is 0.0579. The molecule has 1 atom stereocenters. The van der Waals surface area contributed by atoms with Crippen LogP contribution >= 0.6 is 11.8 Å². The zero-order chi connectivity index (χ0) is 14.5. The van der Waals surface area contributed by atoms with Gasteiger partial charge in [-0.05, 0) is 31.2 Å². The molecule has 1 aliphatic rings. The molecule has 4 heteroatoms. The summed E-state index contributed by atoms with van der Waals surface area (Å²) in [7, 11) is 1.89. The summed E-state index contributed by atoms with van der Waals surface area (Å²) < 4.78 is 0. The van der Waals surface area contributed by atoms with Crippen molar-refractivity contribution in [3.63, 3.8) is 0 Å². The lowest BCUT2D eigenvalue weighted by atomic mass is 10.0. The standard InChI is InChI=1S/C16H20N2OS/c1-12-5-6-13(4-3-8-17)15(10-12)16(19)18(2)14-7-9-20-11-14/h5-6,10,14H,7-9,11,17H2,1-2H3. The third kappa shape index (κ3) is 3.36. The van der Waals surface area contributed by atoms with Crippen molar-refractivity contribution in [3.05, 3.63) is 34.9 Å². The molecule has 1 aliphatic heterocycles. The Labute approximate surface area is 124 Å². The number of amides is 1. The maximum atomic E-state index is 12.7. The van der Waals surface area contributed by atoms with Crippen LogP contribution in [0.5, 0.6) is 0 Å². The van der Waals surface area contributed by atoms with Crippen LogP contribution in [0.4, 0.5) is 0 Å². The van der Waals surface area contributed by atoms with Gasteiger partial charge in [-0.2, -0.15) is 11.8 Å². The molecule has 0 saturated carbocycles. The van der Waals surface area contributed by atoms with E-state index in [0.29, 0.717) is 18.2 Å². The van der Waals surface area contributed by atoms with Crippen LogP contribution in [-0.4, -0.2) is 41.9 Å². The van der Waals surface area contributed by atoms with Gasteiger partial charge in [0, 0.05) is 24.4 Å². The molecule has 0 spiro atoms. The van der Waals surface area contributed by atoms with Gasteiger partial charge >= 0.3 is 0 Å². The van der Waals surface area contributed by atoms with Crippen LogP contribution in [0.3, 0.4) is 0 Å². The molecule has 0 radical (unpaired) electrons. The maximum absolute atomic E-state index is 12.7. The summed E-state index contributed by atoms with van der Waals surface area (Å²) in [6.07, 6.45) is 1.07. The molecule has 1 saturated heterocycles. The number of rotatable bonds is 2. The van der Waals surface area contributed by atoms with Crippen molar-refractivity contribution in [3.8, 4) is 11.8 Å². The lowest BCUT2D eigenvalue weighted by Crippen LogP contribution is -2.37. The average Bonchev–Trinajstić information content (AvgIpc) is 2.98. The number of thioether (sulfide) groups is 1. The van der Waals surface area contributed by atoms with E-state index in [1.165, 1.54) is 0 Å². The predicted octanol–water partition coefficient (Wildman–Crippen LogP) is 1.88. The molecule has 0 aliphatic carbocycles. The molecule has 20 heavy (non-hydrogen) atoms. The number of nitrogens with zero attached hydrogens (tertiary/aromatic N) is 1. The van der Waals surface area contributed by atoms with Crippen molar-refractivity contribution in [2.75, 3.05) is 25.1 Å². The van der Waals surface area contributed by atoms with E-state index in [0.717, 1.165) is 29.1 Å². The summed E-state index contributed by atoms with van der Waals surface area (Å²) in [6.45, 7) is 2.29. The molecule has 0 bridgehead atoms. The number of hydrogen-bond acceptors (Lipinski definition) is 3. The van der Waals surface area contributed by atoms with Crippen LogP contribution in [0, 0.1) is 18.8 Å². The smallest absolute Gasteiger partial charge is 0.255 e. The second-order valence-electron chi connectivity index (χ2n) is 4.99. The molecule has 1 aromatic carbocycles. The normalized spacial score (nSPS) is 17.4. The molecule has 1 unspecified atom stereocenters. The second-order valence-corrected chi connectivity index (χ2v) is 6.14. The second kappa shape index (κ2) is 6.83. The zero-order valence-corrected chi connectivity index (χ0v) is 12.8. The van der Waals surface area contributed by atoms with Gasteiger partial charge in [0.2, 0.25) is 0 Å². The number of aryl methyl sites for hydroxylation is 1. The van der Waals surface area contributed by atoms with Crippen molar-refractivity contribution in [1.82, 2.24) is 4.90 Å². The van der Waals surface area contributed by atoms with E-state index in [2.05, 4.69) is 11.8 Å². The van der Waals surface area contributed by atoms with Crippen molar-refractivity contribution in [1.29, 1.82) is 0 Å². The minimum Gasteiger partial charge on any atom is -0.338 e. The van der Waals surface area contributed by atoms with Gasteiger partial charge in [-0.3, -0.25) is 4.79 Å². The Hall–Kier alpha value is -1.44. The first-order valence-corrected chi connectivity index (χ1v) is 7.93. The van der Waals surface area contributed by atoms with E-state index in [9.17, 15) is 4.79 Å². The first-order valence-electron chi connectivity index (χ1n) is 6.78. The van der Waals surface area contributed by atoms with Crippen LogP contribution in [0.15, 0.2) is 18.2 Å². The molecule has 1 amide bonds. The minimum absolute atomic E-state index is 0.0579. The highest BCUT2D eigenvalue weighted by Crippen LogP contribution is 2.23. The van der Waals surface area contributed by atoms with Crippen molar-refractivity contribution < 1.29 is 4.79 Å². The maximum Gasteiger partial charge on any atom is 0.255 e. The van der Waals surface area contributed by atoms with Gasteiger partial charge in [0.1, 0.15) is 0 Å². The molecule has 1 heterocycles. The molecule has 1 aromatic rings. The highest BCUT2D eigenvalue weighted by atomic mass is 32.2. The topological polar surface area (TPSA) is 46.3 Å². The molecular weight excluding hydrogens is 268 g/mol. The lowest BCUT2D eigenvalue weighted by molar-refractivity contribution is 0.0747. The fourth-order valence-electron chi connectivity index (χ4n) is 2.27. The highest BCUT2D eigenvalue weighted by molar-refractivity contribution is 7.99. The number of carbonyl (C=O) groups is 1. The molecule has 0 aromatic heterocycles. The van der Waals surface area contributed by atoms with E-state index in [1.54, 1.807) is 0 Å². The fourth-order valence-corrected chi connectivity index (χ4v) is 3.54. The van der Waals surface area contributed by atoms with Crippen molar-refractivity contribution in [2.24, 2.45) is 5.73 Å². The quantitative estimate of drug-likeness (QED) is 0.845. The monoisotopic (exact) mass is 288 g/mol. The predicted molar refractivity (Wildman–Crippen MR) is 84.9 cm³/mol. The zero-order valence-electron chi connectivity index (χ0n) is 12.0. The van der Waals surface area contributed by atoms with Crippen LogP contribution < -0.4 is 5.73 Å². The average molecular weight is 288 g/mol. The SMILES string of the molecule is Cc1ccc(C#CCN)c(C(=O)N(C)C2CCSC2)c1. The van der Waals surface area contributed by atoms with Gasteiger partial charge in [-0.15, -0.1) is 0 Å². The summed E-state index contributed by atoms with van der Waals surface area (Å²) in [5, 5.41) is 0. The Bertz CT molecular complexity index is 553. The molecule has 2 N–H and O–H groups in total. The first kappa shape index (κ1) is 15.0. The third-order valence-corrected chi connectivity index (χ3v) is 4.65. The van der Waals surface area contributed by atoms with Crippen LogP contribution in [-0.2, 0) is 0 Å². The van der Waals surface area contributed by atoms with Crippen molar-refractivity contribution >= 4 is 17.7 Å².